The second-order valence-corrected chi connectivity index (χ2v) is 19.0. The first-order valence-electron chi connectivity index (χ1n) is 25.4. The number of nitrogens with zero attached hydrogens (tertiary/aromatic N) is 14. The Labute approximate surface area is 449 Å². The molecule has 0 bridgehead atoms. The van der Waals surface area contributed by atoms with Gasteiger partial charge in [-0.25, -0.2) is 29.9 Å². The van der Waals surface area contributed by atoms with Crippen LogP contribution in [0, 0.1) is 13.8 Å². The molecule has 0 aliphatic carbocycles. The Balaban J connectivity index is 0.836. The van der Waals surface area contributed by atoms with E-state index in [4.69, 9.17) is 70.0 Å². The fraction of sp³-hybridized carbons (Fsp3) is 0.370. The number of hydrogen-bond donors (Lipinski definition) is 2. The minimum Gasteiger partial charge on any atom is -0.497 e. The maximum atomic E-state index is 13.9. The predicted octanol–water partition coefficient (Wildman–Crippen LogP) is 3.77. The molecule has 0 spiro atoms. The van der Waals surface area contributed by atoms with Gasteiger partial charge < -0.3 is 49.0 Å². The van der Waals surface area contributed by atoms with Gasteiger partial charge in [0.05, 0.1) is 103 Å². The van der Waals surface area contributed by atoms with Crippen LogP contribution < -0.4 is 41.5 Å². The lowest BCUT2D eigenvalue weighted by molar-refractivity contribution is -0.0250. The largest absolute Gasteiger partial charge is 0.497 e. The molecular weight excluding hydrogens is 1000 g/mol. The van der Waals surface area contributed by atoms with Crippen molar-refractivity contribution < 1.29 is 28.4 Å². The number of aromatic nitrogens is 12. The van der Waals surface area contributed by atoms with E-state index >= 15 is 0 Å². The summed E-state index contributed by atoms with van der Waals surface area (Å²) in [4.78, 5) is 60.4. The topological polar surface area (TPSA) is 271 Å². The van der Waals surface area contributed by atoms with Crippen molar-refractivity contribution in [3.63, 3.8) is 0 Å². The Morgan fingerprint density at radius 1 is 0.603 bits per heavy atom. The van der Waals surface area contributed by atoms with Gasteiger partial charge in [0.15, 0.2) is 11.6 Å². The zero-order valence-electron chi connectivity index (χ0n) is 44.7. The standard InChI is InChI=1S/C54H62N16O8/c1-32-42(27-69(64-32)10-8-67-12-15-76-16-13-67)44-26-58-52(56)50(61-44)46-29-66(4)54(72)48(63-46)35-20-39(75-7)23-40(21-35)78-31-36-30-77-17-14-68(36)9-11-70-33(2)41(24-59-70)43-25-57-51(55)49(60-43)45-28-65(3)53(71)47(62-45)34-18-37(73-5)22-38(19-34)74-6/h18-29,36H,8-17,30-31H2,1-7H3,(H2,55,57)(H2,56,58). The van der Waals surface area contributed by atoms with E-state index in [9.17, 15) is 9.59 Å². The molecule has 2 aliphatic rings. The van der Waals surface area contributed by atoms with Gasteiger partial charge in [0.1, 0.15) is 63.8 Å². The lowest BCUT2D eigenvalue weighted by Crippen LogP contribution is -2.49. The van der Waals surface area contributed by atoms with Crippen LogP contribution in [0.3, 0.4) is 0 Å². The number of benzene rings is 2. The second kappa shape index (κ2) is 22.9. The van der Waals surface area contributed by atoms with E-state index < -0.39 is 0 Å². The van der Waals surface area contributed by atoms with Crippen molar-refractivity contribution in [2.75, 3.05) is 98.6 Å². The van der Waals surface area contributed by atoms with Crippen LogP contribution in [-0.2, 0) is 36.7 Å². The van der Waals surface area contributed by atoms with Crippen LogP contribution in [0.5, 0.6) is 23.0 Å². The molecule has 24 heteroatoms. The van der Waals surface area contributed by atoms with Crippen LogP contribution in [0.4, 0.5) is 11.6 Å². The van der Waals surface area contributed by atoms with Gasteiger partial charge in [0.2, 0.25) is 0 Å². The molecule has 2 saturated heterocycles. The van der Waals surface area contributed by atoms with E-state index in [1.54, 1.807) is 88.6 Å². The Hall–Kier alpha value is -8.58. The summed E-state index contributed by atoms with van der Waals surface area (Å²) in [6.45, 7) is 11.9. The van der Waals surface area contributed by atoms with Crippen molar-refractivity contribution >= 4 is 11.6 Å². The number of rotatable bonds is 18. The Morgan fingerprint density at radius 3 is 1.73 bits per heavy atom. The SMILES string of the molecule is COc1cc(OCC2COCCN2CCn2ncc(-c3cnc(N)c(-c4cn(C)c(=O)c(-c5cc(OC)cc(OC)c5)n4)n3)c2C)cc(-c2nc(-c3nc(-c4cn(CCN5CCOCC5)nc4C)cnc3N)cn(C)c2=O)c1. The summed E-state index contributed by atoms with van der Waals surface area (Å²) in [6, 6.07) is 10.3. The number of anilines is 2. The molecule has 0 amide bonds. The summed E-state index contributed by atoms with van der Waals surface area (Å²) in [7, 11) is 7.93. The highest BCUT2D eigenvalue weighted by molar-refractivity contribution is 5.75. The van der Waals surface area contributed by atoms with Crippen molar-refractivity contribution in [3.05, 3.63) is 106 Å². The highest BCUT2D eigenvalue weighted by Gasteiger charge is 2.26. The monoisotopic (exact) mass is 1060 g/mol. The van der Waals surface area contributed by atoms with Crippen molar-refractivity contribution in [1.82, 2.24) is 68.4 Å². The lowest BCUT2D eigenvalue weighted by Gasteiger charge is -2.35. The molecule has 2 aliphatic heterocycles. The average molecular weight is 1060 g/mol. The minimum absolute atomic E-state index is 0.116. The zero-order chi connectivity index (χ0) is 54.6. The van der Waals surface area contributed by atoms with Crippen molar-refractivity contribution in [3.8, 4) is 90.8 Å². The molecule has 24 nitrogen and oxygen atoms in total. The first-order chi connectivity index (χ1) is 37.8. The molecule has 6 aromatic heterocycles. The first kappa shape index (κ1) is 52.8. The third-order valence-electron chi connectivity index (χ3n) is 14.0. The smallest absolute Gasteiger partial charge is 0.276 e. The van der Waals surface area contributed by atoms with Crippen molar-refractivity contribution in [1.29, 1.82) is 0 Å². The van der Waals surface area contributed by atoms with E-state index in [-0.39, 0.29) is 46.8 Å². The second-order valence-electron chi connectivity index (χ2n) is 19.0. The number of ether oxygens (including phenoxy) is 6. The van der Waals surface area contributed by atoms with Crippen LogP contribution in [0.15, 0.2) is 83.2 Å². The molecule has 1 unspecified atom stereocenters. The average Bonchev–Trinajstić information content (AvgIpc) is 4.09. The van der Waals surface area contributed by atoms with Crippen LogP contribution in [0.2, 0.25) is 0 Å². The number of methoxy groups -OCH3 is 3. The summed E-state index contributed by atoms with van der Waals surface area (Å²) in [5, 5.41) is 9.51. The minimum atomic E-state index is -0.340. The molecule has 4 N–H and O–H groups in total. The van der Waals surface area contributed by atoms with E-state index in [1.165, 1.54) is 23.4 Å². The van der Waals surface area contributed by atoms with E-state index in [2.05, 4.69) is 19.8 Å². The van der Waals surface area contributed by atoms with Crippen molar-refractivity contribution in [2.45, 2.75) is 33.0 Å². The summed E-state index contributed by atoms with van der Waals surface area (Å²) in [5.74, 6) is 2.28. The molecule has 406 valence electrons. The molecule has 1 atom stereocenters. The molecule has 2 fully saturated rings. The highest BCUT2D eigenvalue weighted by atomic mass is 16.5. The fourth-order valence-corrected chi connectivity index (χ4v) is 9.53. The molecular formula is C54H62N16O8. The third kappa shape index (κ3) is 11.3. The fourth-order valence-electron chi connectivity index (χ4n) is 9.53. The maximum Gasteiger partial charge on any atom is 0.276 e. The van der Waals surface area contributed by atoms with E-state index in [1.807, 2.05) is 29.4 Å². The molecule has 10 rings (SSSR count). The number of nitrogen functional groups attached to an aromatic ring is 2. The van der Waals surface area contributed by atoms with Gasteiger partial charge in [-0.1, -0.05) is 0 Å². The van der Waals surface area contributed by atoms with Crippen molar-refractivity contribution in [2.24, 2.45) is 14.1 Å². The number of aryl methyl sites for hydroxylation is 3. The Kier molecular flexibility index (Phi) is 15.5. The number of nitrogens with two attached hydrogens (primary N) is 2. The molecule has 0 radical (unpaired) electrons. The summed E-state index contributed by atoms with van der Waals surface area (Å²) < 4.78 is 41.3. The highest BCUT2D eigenvalue weighted by Crippen LogP contribution is 2.33. The zero-order valence-corrected chi connectivity index (χ0v) is 44.7. The van der Waals surface area contributed by atoms with Crippen LogP contribution >= 0.6 is 0 Å². The summed E-state index contributed by atoms with van der Waals surface area (Å²) in [6.07, 6.45) is 10.1. The molecule has 78 heavy (non-hydrogen) atoms. The van der Waals surface area contributed by atoms with Crippen LogP contribution in [-0.4, -0.2) is 162 Å². The van der Waals surface area contributed by atoms with Gasteiger partial charge in [0.25, 0.3) is 11.1 Å². The van der Waals surface area contributed by atoms with E-state index in [0.717, 1.165) is 55.4 Å². The van der Waals surface area contributed by atoms with Gasteiger partial charge in [0, 0.05) is 105 Å². The van der Waals surface area contributed by atoms with Gasteiger partial charge in [-0.3, -0.25) is 28.8 Å². The lowest BCUT2D eigenvalue weighted by atomic mass is 10.1. The molecule has 8 aromatic rings. The van der Waals surface area contributed by atoms with E-state index in [0.29, 0.717) is 108 Å². The van der Waals surface area contributed by atoms with Gasteiger partial charge in [-0.15, -0.1) is 0 Å². The first-order valence-corrected chi connectivity index (χ1v) is 25.4. The molecule has 8 heterocycles. The molecule has 0 saturated carbocycles. The van der Waals surface area contributed by atoms with Crippen LogP contribution in [0.1, 0.15) is 11.4 Å². The normalized spacial score (nSPS) is 15.1. The predicted molar refractivity (Wildman–Crippen MR) is 291 cm³/mol. The van der Waals surface area contributed by atoms with Gasteiger partial charge in [-0.05, 0) is 38.1 Å². The quantitative estimate of drug-likeness (QED) is 0.124. The van der Waals surface area contributed by atoms with Gasteiger partial charge >= 0.3 is 0 Å². The third-order valence-corrected chi connectivity index (χ3v) is 14.0. The summed E-state index contributed by atoms with van der Waals surface area (Å²) >= 11 is 0. The van der Waals surface area contributed by atoms with Crippen LogP contribution in [0.25, 0.3) is 67.8 Å². The molecule has 2 aromatic carbocycles. The Bertz CT molecular complexity index is 3580. The van der Waals surface area contributed by atoms with Gasteiger partial charge in [-0.2, -0.15) is 10.2 Å². The number of morpholine rings is 2. The Morgan fingerprint density at radius 2 is 1.14 bits per heavy atom. The maximum absolute atomic E-state index is 13.9. The summed E-state index contributed by atoms with van der Waals surface area (Å²) in [5.41, 5.74) is 19.3. The number of hydrogen-bond acceptors (Lipinski definition) is 20.